The van der Waals surface area contributed by atoms with Crippen LogP contribution in [-0.4, -0.2) is 32.2 Å². The molecule has 27 heavy (non-hydrogen) atoms. The Hall–Kier alpha value is -3.13. The van der Waals surface area contributed by atoms with E-state index < -0.39 is 11.2 Å². The van der Waals surface area contributed by atoms with Gasteiger partial charge in [0.05, 0.1) is 5.25 Å². The van der Waals surface area contributed by atoms with Crippen LogP contribution in [0.3, 0.4) is 0 Å². The molecule has 0 aliphatic carbocycles. The van der Waals surface area contributed by atoms with E-state index in [4.69, 9.17) is 5.73 Å². The lowest BCUT2D eigenvalue weighted by Crippen LogP contribution is -2.22. The molecule has 0 fully saturated rings. The van der Waals surface area contributed by atoms with Gasteiger partial charge < -0.3 is 11.1 Å². The van der Waals surface area contributed by atoms with E-state index in [9.17, 15) is 9.59 Å². The number of H-pyrrole nitrogens is 1. The minimum atomic E-state index is -0.509. The van der Waals surface area contributed by atoms with E-state index in [2.05, 4.69) is 20.5 Å². The Labute approximate surface area is 160 Å². The highest BCUT2D eigenvalue weighted by Crippen LogP contribution is 2.24. The Morgan fingerprint density at radius 2 is 1.78 bits per heavy atom. The lowest BCUT2D eigenvalue weighted by molar-refractivity contribution is -0.115. The zero-order chi connectivity index (χ0) is 19.4. The smallest absolute Gasteiger partial charge is 0.248 e. The van der Waals surface area contributed by atoms with Crippen LogP contribution in [0.25, 0.3) is 11.4 Å². The van der Waals surface area contributed by atoms with E-state index in [1.54, 1.807) is 31.2 Å². The number of hydrogen-bond acceptors (Lipinski definition) is 5. The summed E-state index contributed by atoms with van der Waals surface area (Å²) < 4.78 is 0. The lowest BCUT2D eigenvalue weighted by atomic mass is 10.1. The first kappa shape index (κ1) is 18.7. The fraction of sp³-hybridized carbons (Fsp3) is 0.158. The van der Waals surface area contributed by atoms with Crippen molar-refractivity contribution in [1.29, 1.82) is 0 Å². The van der Waals surface area contributed by atoms with E-state index in [0.717, 1.165) is 5.56 Å². The number of nitrogens with one attached hydrogen (secondary N) is 2. The van der Waals surface area contributed by atoms with E-state index in [1.807, 2.05) is 31.2 Å². The summed E-state index contributed by atoms with van der Waals surface area (Å²) in [4.78, 5) is 27.9. The molecule has 0 bridgehead atoms. The van der Waals surface area contributed by atoms with Crippen LogP contribution < -0.4 is 11.1 Å². The third-order valence-electron chi connectivity index (χ3n) is 3.88. The predicted molar refractivity (Wildman–Crippen MR) is 105 cm³/mol. The number of nitrogens with zero attached hydrogens (tertiary/aromatic N) is 2. The van der Waals surface area contributed by atoms with Gasteiger partial charge in [0.15, 0.2) is 5.82 Å². The van der Waals surface area contributed by atoms with Gasteiger partial charge in [-0.3, -0.25) is 14.7 Å². The summed E-state index contributed by atoms with van der Waals surface area (Å²) in [5.74, 6) is -0.0357. The number of rotatable bonds is 6. The van der Waals surface area contributed by atoms with Crippen LogP contribution in [0.5, 0.6) is 0 Å². The second-order valence-corrected chi connectivity index (χ2v) is 7.33. The van der Waals surface area contributed by atoms with E-state index in [1.165, 1.54) is 17.3 Å². The van der Waals surface area contributed by atoms with Gasteiger partial charge in [-0.05, 0) is 38.1 Å². The first-order chi connectivity index (χ1) is 12.9. The van der Waals surface area contributed by atoms with Crippen molar-refractivity contribution in [2.75, 3.05) is 5.32 Å². The quantitative estimate of drug-likeness (QED) is 0.568. The molecular formula is C19H19N5O2S. The first-order valence-electron chi connectivity index (χ1n) is 8.29. The van der Waals surface area contributed by atoms with Crippen molar-refractivity contribution in [2.45, 2.75) is 24.3 Å². The number of aryl methyl sites for hydroxylation is 1. The van der Waals surface area contributed by atoms with Crippen LogP contribution in [0, 0.1) is 6.92 Å². The molecule has 0 aliphatic rings. The van der Waals surface area contributed by atoms with Crippen molar-refractivity contribution < 1.29 is 9.59 Å². The van der Waals surface area contributed by atoms with Crippen LogP contribution in [-0.2, 0) is 4.79 Å². The average Bonchev–Trinajstić information content (AvgIpc) is 3.11. The van der Waals surface area contributed by atoms with Crippen molar-refractivity contribution in [3.63, 3.8) is 0 Å². The average molecular weight is 381 g/mol. The monoisotopic (exact) mass is 381 g/mol. The molecule has 2 amide bonds. The number of hydrogen-bond donors (Lipinski definition) is 3. The fourth-order valence-corrected chi connectivity index (χ4v) is 3.04. The second kappa shape index (κ2) is 8.05. The summed E-state index contributed by atoms with van der Waals surface area (Å²) in [5.41, 5.74) is 8.29. The lowest BCUT2D eigenvalue weighted by Gasteiger charge is -2.10. The van der Waals surface area contributed by atoms with Gasteiger partial charge in [-0.2, -0.15) is 0 Å². The highest BCUT2D eigenvalue weighted by Gasteiger charge is 2.18. The van der Waals surface area contributed by atoms with Crippen molar-refractivity contribution in [1.82, 2.24) is 15.2 Å². The van der Waals surface area contributed by atoms with Gasteiger partial charge in [0.2, 0.25) is 17.0 Å². The molecular weight excluding hydrogens is 362 g/mol. The Bertz CT molecular complexity index is 951. The molecule has 3 rings (SSSR count). The summed E-state index contributed by atoms with van der Waals surface area (Å²) in [7, 11) is 0. The SMILES string of the molecule is Cc1ccc(-c2nc(S[C@@H](C)C(=O)Nc3ccc(C(N)=O)cc3)n[nH]2)cc1. The number of aromatic nitrogens is 3. The maximum absolute atomic E-state index is 12.4. The molecule has 2 aromatic carbocycles. The number of carbonyl (C=O) groups is 2. The number of carbonyl (C=O) groups excluding carboxylic acids is 2. The van der Waals surface area contributed by atoms with E-state index >= 15 is 0 Å². The molecule has 1 atom stereocenters. The largest absolute Gasteiger partial charge is 0.366 e. The molecule has 7 nitrogen and oxygen atoms in total. The molecule has 1 aromatic heterocycles. The van der Waals surface area contributed by atoms with Crippen molar-refractivity contribution in [3.05, 3.63) is 59.7 Å². The molecule has 0 aliphatic heterocycles. The van der Waals surface area contributed by atoms with Gasteiger partial charge in [-0.15, -0.1) is 5.10 Å². The maximum atomic E-state index is 12.4. The van der Waals surface area contributed by atoms with Crippen LogP contribution in [0.15, 0.2) is 53.7 Å². The van der Waals surface area contributed by atoms with Crippen LogP contribution in [0.2, 0.25) is 0 Å². The number of benzene rings is 2. The van der Waals surface area contributed by atoms with Gasteiger partial charge in [0.25, 0.3) is 0 Å². The zero-order valence-electron chi connectivity index (χ0n) is 14.9. The number of amides is 2. The van der Waals surface area contributed by atoms with Crippen LogP contribution in [0.4, 0.5) is 5.69 Å². The third kappa shape index (κ3) is 4.73. The number of thioether (sulfide) groups is 1. The van der Waals surface area contributed by atoms with E-state index in [0.29, 0.717) is 22.2 Å². The summed E-state index contributed by atoms with van der Waals surface area (Å²) >= 11 is 1.26. The maximum Gasteiger partial charge on any atom is 0.248 e. The standard InChI is InChI=1S/C19H19N5O2S/c1-11-3-5-14(6-4-11)17-22-19(24-23-17)27-12(2)18(26)21-15-9-7-13(8-10-15)16(20)25/h3-10,12H,1-2H3,(H2,20,25)(H,21,26)(H,22,23,24)/t12-/m0/s1. The van der Waals surface area contributed by atoms with Crippen molar-refractivity contribution in [3.8, 4) is 11.4 Å². The molecule has 0 saturated heterocycles. The Balaban J connectivity index is 1.61. The highest BCUT2D eigenvalue weighted by molar-refractivity contribution is 8.00. The molecule has 138 valence electrons. The summed E-state index contributed by atoms with van der Waals surface area (Å²) in [6.45, 7) is 3.80. The van der Waals surface area contributed by atoms with Gasteiger partial charge in [0, 0.05) is 16.8 Å². The highest BCUT2D eigenvalue weighted by atomic mass is 32.2. The van der Waals surface area contributed by atoms with Crippen LogP contribution >= 0.6 is 11.8 Å². The van der Waals surface area contributed by atoms with Crippen molar-refractivity contribution in [2.24, 2.45) is 5.73 Å². The number of nitrogens with two attached hydrogens (primary N) is 1. The predicted octanol–water partition coefficient (Wildman–Crippen LogP) is 3.00. The molecule has 4 N–H and O–H groups in total. The third-order valence-corrected chi connectivity index (χ3v) is 4.84. The zero-order valence-corrected chi connectivity index (χ0v) is 15.7. The Morgan fingerprint density at radius 1 is 1.11 bits per heavy atom. The fourth-order valence-electron chi connectivity index (χ4n) is 2.31. The minimum absolute atomic E-state index is 0.187. The Morgan fingerprint density at radius 3 is 2.41 bits per heavy atom. The first-order valence-corrected chi connectivity index (χ1v) is 9.17. The van der Waals surface area contributed by atoms with Gasteiger partial charge in [-0.1, -0.05) is 41.6 Å². The molecule has 3 aromatic rings. The molecule has 0 spiro atoms. The minimum Gasteiger partial charge on any atom is -0.366 e. The number of anilines is 1. The topological polar surface area (TPSA) is 114 Å². The van der Waals surface area contributed by atoms with Gasteiger partial charge in [0.1, 0.15) is 0 Å². The summed E-state index contributed by atoms with van der Waals surface area (Å²) in [5, 5.41) is 9.96. The second-order valence-electron chi connectivity index (χ2n) is 6.02. The van der Waals surface area contributed by atoms with Gasteiger partial charge in [-0.25, -0.2) is 4.98 Å². The normalized spacial score (nSPS) is 11.8. The molecule has 0 radical (unpaired) electrons. The van der Waals surface area contributed by atoms with Gasteiger partial charge >= 0.3 is 0 Å². The Kier molecular flexibility index (Phi) is 5.56. The molecule has 0 unspecified atom stereocenters. The van der Waals surface area contributed by atoms with E-state index in [-0.39, 0.29) is 5.91 Å². The number of aromatic amines is 1. The summed E-state index contributed by atoms with van der Waals surface area (Å²) in [6, 6.07) is 14.4. The van der Waals surface area contributed by atoms with Crippen LogP contribution in [0.1, 0.15) is 22.8 Å². The molecule has 0 saturated carbocycles. The summed E-state index contributed by atoms with van der Waals surface area (Å²) in [6.07, 6.45) is 0. The molecule has 8 heteroatoms. The van der Waals surface area contributed by atoms with Crippen molar-refractivity contribution >= 4 is 29.3 Å². The molecule has 1 heterocycles. The number of primary amides is 1.